The number of hydrogen-bond acceptors (Lipinski definition) is 2. The SMILES string of the molecule is COCc1ccnc(F)c1. The molecule has 1 aromatic heterocycles. The zero-order valence-corrected chi connectivity index (χ0v) is 5.67. The van der Waals surface area contributed by atoms with E-state index in [1.165, 1.54) is 12.3 Å². The van der Waals surface area contributed by atoms with E-state index in [9.17, 15) is 4.39 Å². The summed E-state index contributed by atoms with van der Waals surface area (Å²) in [4.78, 5) is 3.40. The highest BCUT2D eigenvalue weighted by Crippen LogP contribution is 2.00. The molecule has 10 heavy (non-hydrogen) atoms. The fourth-order valence-electron chi connectivity index (χ4n) is 0.699. The van der Waals surface area contributed by atoms with Crippen molar-refractivity contribution in [2.45, 2.75) is 6.61 Å². The van der Waals surface area contributed by atoms with Crippen LogP contribution >= 0.6 is 0 Å². The monoisotopic (exact) mass is 141 g/mol. The molecule has 0 aliphatic rings. The molecule has 0 aliphatic heterocycles. The Balaban J connectivity index is 2.75. The molecule has 0 spiro atoms. The Hall–Kier alpha value is -0.960. The molecule has 0 N–H and O–H groups in total. The molecule has 0 aromatic carbocycles. The van der Waals surface area contributed by atoms with E-state index in [0.29, 0.717) is 6.61 Å². The highest BCUT2D eigenvalue weighted by molar-refractivity contribution is 5.09. The number of ether oxygens (including phenoxy) is 1. The van der Waals surface area contributed by atoms with Crippen LogP contribution in [0.4, 0.5) is 4.39 Å². The summed E-state index contributed by atoms with van der Waals surface area (Å²) in [5.41, 5.74) is 0.801. The van der Waals surface area contributed by atoms with Crippen LogP contribution in [-0.2, 0) is 11.3 Å². The Morgan fingerprint density at radius 1 is 1.70 bits per heavy atom. The molecular formula is C7H8FNO. The molecular weight excluding hydrogens is 133 g/mol. The Morgan fingerprint density at radius 2 is 2.50 bits per heavy atom. The van der Waals surface area contributed by atoms with Gasteiger partial charge in [-0.15, -0.1) is 0 Å². The molecule has 0 saturated carbocycles. The van der Waals surface area contributed by atoms with Gasteiger partial charge in [0.25, 0.3) is 0 Å². The first-order valence-electron chi connectivity index (χ1n) is 2.92. The van der Waals surface area contributed by atoms with Gasteiger partial charge in [-0.25, -0.2) is 4.98 Å². The largest absolute Gasteiger partial charge is 0.380 e. The molecule has 2 nitrogen and oxygen atoms in total. The van der Waals surface area contributed by atoms with E-state index in [4.69, 9.17) is 4.74 Å². The normalized spacial score (nSPS) is 9.80. The zero-order valence-electron chi connectivity index (χ0n) is 5.67. The molecule has 0 amide bonds. The van der Waals surface area contributed by atoms with Gasteiger partial charge in [0.2, 0.25) is 5.95 Å². The third-order valence-corrected chi connectivity index (χ3v) is 1.10. The van der Waals surface area contributed by atoms with Gasteiger partial charge in [0.1, 0.15) is 0 Å². The summed E-state index contributed by atoms with van der Waals surface area (Å²) >= 11 is 0. The average Bonchev–Trinajstić information content (AvgIpc) is 1.88. The van der Waals surface area contributed by atoms with Crippen molar-refractivity contribution in [1.29, 1.82) is 0 Å². The van der Waals surface area contributed by atoms with Crippen LogP contribution in [0, 0.1) is 5.95 Å². The molecule has 0 atom stereocenters. The fourth-order valence-corrected chi connectivity index (χ4v) is 0.699. The van der Waals surface area contributed by atoms with Gasteiger partial charge < -0.3 is 4.74 Å². The molecule has 0 radical (unpaired) electrons. The van der Waals surface area contributed by atoms with Crippen LogP contribution in [0.15, 0.2) is 18.3 Å². The first kappa shape index (κ1) is 7.15. The van der Waals surface area contributed by atoms with Gasteiger partial charge in [-0.05, 0) is 17.7 Å². The van der Waals surface area contributed by atoms with Gasteiger partial charge in [-0.2, -0.15) is 4.39 Å². The van der Waals surface area contributed by atoms with Crippen molar-refractivity contribution in [1.82, 2.24) is 4.98 Å². The lowest BCUT2D eigenvalue weighted by Gasteiger charge is -1.96. The van der Waals surface area contributed by atoms with Gasteiger partial charge in [0.05, 0.1) is 6.61 Å². The van der Waals surface area contributed by atoms with E-state index in [1.54, 1.807) is 13.2 Å². The second-order valence-electron chi connectivity index (χ2n) is 1.92. The van der Waals surface area contributed by atoms with E-state index >= 15 is 0 Å². The standard InChI is InChI=1S/C7H8FNO/c1-10-5-6-2-3-9-7(8)4-6/h2-4H,5H2,1H3. The van der Waals surface area contributed by atoms with Crippen LogP contribution in [0.25, 0.3) is 0 Å². The highest BCUT2D eigenvalue weighted by atomic mass is 19.1. The number of nitrogens with zero attached hydrogens (tertiary/aromatic N) is 1. The van der Waals surface area contributed by atoms with Crippen LogP contribution in [0.1, 0.15) is 5.56 Å². The summed E-state index contributed by atoms with van der Waals surface area (Å²) < 4.78 is 17.1. The first-order chi connectivity index (χ1) is 4.83. The predicted molar refractivity (Wildman–Crippen MR) is 34.9 cm³/mol. The maximum atomic E-state index is 12.3. The van der Waals surface area contributed by atoms with Crippen molar-refractivity contribution in [3.05, 3.63) is 29.8 Å². The number of hydrogen-bond donors (Lipinski definition) is 0. The second kappa shape index (κ2) is 3.27. The van der Waals surface area contributed by atoms with Crippen LogP contribution in [0.3, 0.4) is 0 Å². The number of halogens is 1. The maximum Gasteiger partial charge on any atom is 0.213 e. The molecule has 1 heterocycles. The van der Waals surface area contributed by atoms with Gasteiger partial charge in [0, 0.05) is 13.3 Å². The molecule has 1 aromatic rings. The van der Waals surface area contributed by atoms with Crippen LogP contribution in [0.2, 0.25) is 0 Å². The Kier molecular flexibility index (Phi) is 2.34. The van der Waals surface area contributed by atoms with Gasteiger partial charge in [0.15, 0.2) is 0 Å². The van der Waals surface area contributed by atoms with Gasteiger partial charge in [-0.3, -0.25) is 0 Å². The minimum absolute atomic E-state index is 0.430. The lowest BCUT2D eigenvalue weighted by Crippen LogP contribution is -1.89. The van der Waals surface area contributed by atoms with E-state index in [0.717, 1.165) is 5.56 Å². The Bertz CT molecular complexity index is 215. The number of rotatable bonds is 2. The van der Waals surface area contributed by atoms with E-state index in [2.05, 4.69) is 4.98 Å². The van der Waals surface area contributed by atoms with Crippen LogP contribution in [0.5, 0.6) is 0 Å². The predicted octanol–water partition coefficient (Wildman–Crippen LogP) is 1.37. The number of pyridine rings is 1. The van der Waals surface area contributed by atoms with E-state index < -0.39 is 5.95 Å². The van der Waals surface area contributed by atoms with Gasteiger partial charge >= 0.3 is 0 Å². The van der Waals surface area contributed by atoms with Crippen molar-refractivity contribution < 1.29 is 9.13 Å². The second-order valence-corrected chi connectivity index (χ2v) is 1.92. The van der Waals surface area contributed by atoms with Gasteiger partial charge in [-0.1, -0.05) is 0 Å². The van der Waals surface area contributed by atoms with Crippen LogP contribution in [-0.4, -0.2) is 12.1 Å². The van der Waals surface area contributed by atoms with Crippen molar-refractivity contribution in [3.63, 3.8) is 0 Å². The molecule has 0 aliphatic carbocycles. The highest BCUT2D eigenvalue weighted by Gasteiger charge is 1.93. The van der Waals surface area contributed by atoms with Crippen molar-refractivity contribution in [3.8, 4) is 0 Å². The van der Waals surface area contributed by atoms with Crippen molar-refractivity contribution in [2.75, 3.05) is 7.11 Å². The van der Waals surface area contributed by atoms with Crippen molar-refractivity contribution >= 4 is 0 Å². The summed E-state index contributed by atoms with van der Waals surface area (Å²) in [5.74, 6) is -0.463. The molecule has 1 rings (SSSR count). The minimum atomic E-state index is -0.463. The average molecular weight is 141 g/mol. The summed E-state index contributed by atoms with van der Waals surface area (Å²) in [7, 11) is 1.57. The minimum Gasteiger partial charge on any atom is -0.380 e. The van der Waals surface area contributed by atoms with E-state index in [-0.39, 0.29) is 0 Å². The molecule has 0 bridgehead atoms. The zero-order chi connectivity index (χ0) is 7.40. The third-order valence-electron chi connectivity index (χ3n) is 1.10. The number of aromatic nitrogens is 1. The summed E-state index contributed by atoms with van der Waals surface area (Å²) in [6, 6.07) is 3.07. The topological polar surface area (TPSA) is 22.1 Å². The molecule has 0 fully saturated rings. The molecule has 0 unspecified atom stereocenters. The molecule has 0 saturated heterocycles. The Morgan fingerprint density at radius 3 is 3.10 bits per heavy atom. The van der Waals surface area contributed by atoms with Crippen LogP contribution < -0.4 is 0 Å². The lowest BCUT2D eigenvalue weighted by atomic mass is 10.3. The Labute approximate surface area is 58.7 Å². The summed E-state index contributed by atoms with van der Waals surface area (Å²) in [5, 5.41) is 0. The molecule has 54 valence electrons. The summed E-state index contributed by atoms with van der Waals surface area (Å²) in [6.07, 6.45) is 1.42. The smallest absolute Gasteiger partial charge is 0.213 e. The fraction of sp³-hybridized carbons (Fsp3) is 0.286. The number of methoxy groups -OCH3 is 1. The molecule has 3 heteroatoms. The van der Waals surface area contributed by atoms with E-state index in [1.807, 2.05) is 0 Å². The lowest BCUT2D eigenvalue weighted by molar-refractivity contribution is 0.184. The third kappa shape index (κ3) is 1.77. The van der Waals surface area contributed by atoms with Crippen molar-refractivity contribution in [2.24, 2.45) is 0 Å². The maximum absolute atomic E-state index is 12.3. The first-order valence-corrected chi connectivity index (χ1v) is 2.92. The summed E-state index contributed by atoms with van der Waals surface area (Å²) in [6.45, 7) is 0.430. The quantitative estimate of drug-likeness (QED) is 0.580.